The van der Waals surface area contributed by atoms with Crippen molar-refractivity contribution >= 4 is 16.8 Å². The van der Waals surface area contributed by atoms with Gasteiger partial charge in [-0.1, -0.05) is 6.07 Å². The first-order valence-electron chi connectivity index (χ1n) is 11.1. The molecule has 0 aliphatic carbocycles. The Bertz CT molecular complexity index is 1530. The van der Waals surface area contributed by atoms with Crippen LogP contribution in [0.5, 0.6) is 0 Å². The molecule has 7 nitrogen and oxygen atoms in total. The smallest absolute Gasteiger partial charge is 0.338 e. The van der Waals surface area contributed by atoms with E-state index in [0.717, 1.165) is 4.57 Å². The molecule has 0 N–H and O–H groups in total. The minimum absolute atomic E-state index is 0.0163. The number of carbonyl (C=O) groups excluding carboxylic acids is 1. The van der Waals surface area contributed by atoms with Gasteiger partial charge in [0.2, 0.25) is 5.91 Å². The van der Waals surface area contributed by atoms with Crippen molar-refractivity contribution in [2.45, 2.75) is 25.3 Å². The first-order valence-corrected chi connectivity index (χ1v) is 11.1. The van der Waals surface area contributed by atoms with Crippen molar-refractivity contribution in [1.29, 1.82) is 0 Å². The van der Waals surface area contributed by atoms with Crippen LogP contribution in [0.15, 0.2) is 53.8 Å². The summed E-state index contributed by atoms with van der Waals surface area (Å²) < 4.78 is 72.0. The van der Waals surface area contributed by atoms with Crippen LogP contribution >= 0.6 is 0 Å². The molecule has 0 bridgehead atoms. The van der Waals surface area contributed by atoms with E-state index in [-0.39, 0.29) is 42.6 Å². The van der Waals surface area contributed by atoms with E-state index in [1.807, 2.05) is 0 Å². The first kappa shape index (κ1) is 23.8. The zero-order valence-corrected chi connectivity index (χ0v) is 19.0. The summed E-state index contributed by atoms with van der Waals surface area (Å²) in [4.78, 5) is 27.5. The number of halogens is 5. The van der Waals surface area contributed by atoms with Crippen molar-refractivity contribution in [3.63, 3.8) is 0 Å². The third-order valence-corrected chi connectivity index (χ3v) is 6.27. The predicted molar refractivity (Wildman–Crippen MR) is 121 cm³/mol. The number of benzene rings is 1. The van der Waals surface area contributed by atoms with Crippen LogP contribution in [-0.2, 0) is 24.6 Å². The van der Waals surface area contributed by atoms with Crippen molar-refractivity contribution < 1.29 is 26.7 Å². The maximum atomic E-state index is 14.0. The number of hydrogen-bond acceptors (Lipinski definition) is 3. The molecular weight excluding hydrogens is 485 g/mol. The van der Waals surface area contributed by atoms with E-state index >= 15 is 0 Å². The van der Waals surface area contributed by atoms with Crippen LogP contribution in [0.2, 0.25) is 0 Å². The second kappa shape index (κ2) is 8.61. The Labute approximate surface area is 201 Å². The molecule has 1 unspecified atom stereocenters. The largest absolute Gasteiger partial charge is 0.419 e. The highest BCUT2D eigenvalue weighted by Crippen LogP contribution is 2.37. The van der Waals surface area contributed by atoms with Crippen LogP contribution in [0.4, 0.5) is 22.0 Å². The van der Waals surface area contributed by atoms with E-state index in [0.29, 0.717) is 23.3 Å². The average Bonchev–Trinajstić information content (AvgIpc) is 3.53. The number of alkyl halides is 4. The summed E-state index contributed by atoms with van der Waals surface area (Å²) in [5.74, 6) is -1.87. The van der Waals surface area contributed by atoms with Gasteiger partial charge in [0.25, 0.3) is 5.56 Å². The summed E-state index contributed by atoms with van der Waals surface area (Å²) in [6, 6.07) is 4.10. The van der Waals surface area contributed by atoms with Crippen molar-refractivity contribution in [2.24, 2.45) is 7.05 Å². The number of hydrogen-bond donors (Lipinski definition) is 0. The number of carbonyl (C=O) groups is 1. The van der Waals surface area contributed by atoms with E-state index in [9.17, 15) is 31.5 Å². The number of nitrogens with zero attached hydrogens (tertiary/aromatic N) is 5. The standard InChI is InChI=1S/C24H20F5N5O2/c1-31-11-16(9-30-31)34-12-17(14-2-3-19(26)18(8-14)24(27,28)29)22-20(34)5-7-33(23(22)36)13-21(35)32-6-4-15(25)10-32/h2-3,5,7-9,11-12,15H,4,6,10,13H2,1H3. The van der Waals surface area contributed by atoms with Crippen LogP contribution in [0.3, 0.4) is 0 Å². The van der Waals surface area contributed by atoms with Gasteiger partial charge in [0, 0.05) is 37.7 Å². The molecule has 188 valence electrons. The predicted octanol–water partition coefficient (Wildman–Crippen LogP) is 3.92. The van der Waals surface area contributed by atoms with E-state index in [1.54, 1.807) is 23.9 Å². The van der Waals surface area contributed by atoms with Crippen LogP contribution in [0, 0.1) is 5.82 Å². The van der Waals surface area contributed by atoms with Gasteiger partial charge in [0.15, 0.2) is 0 Å². The van der Waals surface area contributed by atoms with Gasteiger partial charge in [-0.15, -0.1) is 0 Å². The lowest BCUT2D eigenvalue weighted by Gasteiger charge is -2.16. The highest BCUT2D eigenvalue weighted by molar-refractivity contribution is 5.96. The van der Waals surface area contributed by atoms with Crippen LogP contribution in [0.1, 0.15) is 12.0 Å². The van der Waals surface area contributed by atoms with Gasteiger partial charge >= 0.3 is 6.18 Å². The summed E-state index contributed by atoms with van der Waals surface area (Å²) in [5, 5.41) is 4.16. The van der Waals surface area contributed by atoms with Crippen molar-refractivity contribution in [1.82, 2.24) is 23.8 Å². The Morgan fingerprint density at radius 1 is 1.19 bits per heavy atom. The van der Waals surface area contributed by atoms with E-state index in [4.69, 9.17) is 0 Å². The van der Waals surface area contributed by atoms with Gasteiger partial charge in [-0.2, -0.15) is 18.3 Å². The highest BCUT2D eigenvalue weighted by atomic mass is 19.4. The minimum atomic E-state index is -4.93. The van der Waals surface area contributed by atoms with Gasteiger partial charge in [0.1, 0.15) is 18.5 Å². The number of aryl methyl sites for hydroxylation is 1. The molecule has 4 heterocycles. The summed E-state index contributed by atoms with van der Waals surface area (Å²) in [6.07, 6.45) is 0.248. The van der Waals surface area contributed by atoms with Gasteiger partial charge < -0.3 is 14.0 Å². The summed E-state index contributed by atoms with van der Waals surface area (Å²) in [6.45, 7) is -0.153. The maximum Gasteiger partial charge on any atom is 0.419 e. The summed E-state index contributed by atoms with van der Waals surface area (Å²) in [5.41, 5.74) is -1.04. The fourth-order valence-corrected chi connectivity index (χ4v) is 4.47. The number of rotatable bonds is 4. The third-order valence-electron chi connectivity index (χ3n) is 6.27. The number of pyridine rings is 1. The fourth-order valence-electron chi connectivity index (χ4n) is 4.47. The van der Waals surface area contributed by atoms with Crippen LogP contribution < -0.4 is 5.56 Å². The Morgan fingerprint density at radius 3 is 2.61 bits per heavy atom. The minimum Gasteiger partial charge on any atom is -0.338 e. The molecule has 0 radical (unpaired) electrons. The molecule has 0 saturated carbocycles. The Balaban J connectivity index is 1.68. The Kier molecular flexibility index (Phi) is 5.68. The van der Waals surface area contributed by atoms with E-state index < -0.39 is 35.2 Å². The zero-order valence-electron chi connectivity index (χ0n) is 19.0. The zero-order chi connectivity index (χ0) is 25.8. The molecule has 3 aromatic heterocycles. The molecule has 12 heteroatoms. The molecule has 4 aromatic rings. The van der Waals surface area contributed by atoms with Crippen LogP contribution in [0.25, 0.3) is 27.7 Å². The van der Waals surface area contributed by atoms with Gasteiger partial charge in [-0.3, -0.25) is 14.3 Å². The molecule has 0 spiro atoms. The van der Waals surface area contributed by atoms with E-state index in [1.165, 1.54) is 34.2 Å². The molecule has 1 amide bonds. The average molecular weight is 505 g/mol. The van der Waals surface area contributed by atoms with Crippen molar-refractivity contribution in [2.75, 3.05) is 13.1 Å². The Hall–Kier alpha value is -3.96. The van der Waals surface area contributed by atoms with E-state index in [2.05, 4.69) is 5.10 Å². The number of aromatic nitrogens is 4. The molecule has 1 aliphatic heterocycles. The third kappa shape index (κ3) is 4.16. The molecule has 1 atom stereocenters. The van der Waals surface area contributed by atoms with Crippen molar-refractivity contribution in [3.8, 4) is 16.8 Å². The monoisotopic (exact) mass is 505 g/mol. The maximum absolute atomic E-state index is 14.0. The Morgan fingerprint density at radius 2 is 1.97 bits per heavy atom. The molecule has 36 heavy (non-hydrogen) atoms. The summed E-state index contributed by atoms with van der Waals surface area (Å²) >= 11 is 0. The molecule has 1 fully saturated rings. The quantitative estimate of drug-likeness (QED) is 0.395. The van der Waals surface area contributed by atoms with Crippen molar-refractivity contribution in [3.05, 3.63) is 70.8 Å². The van der Waals surface area contributed by atoms with Gasteiger partial charge in [-0.05, 0) is 30.2 Å². The first-order chi connectivity index (χ1) is 17.0. The molecule has 5 rings (SSSR count). The number of likely N-dealkylation sites (tertiary alicyclic amines) is 1. The van der Waals surface area contributed by atoms with Gasteiger partial charge in [0.05, 0.1) is 34.9 Å². The second-order valence-corrected chi connectivity index (χ2v) is 8.71. The molecule has 1 aromatic carbocycles. The number of fused-ring (bicyclic) bond motifs is 1. The normalized spacial score (nSPS) is 16.3. The fraction of sp³-hybridized carbons (Fsp3) is 0.292. The second-order valence-electron chi connectivity index (χ2n) is 8.71. The van der Waals surface area contributed by atoms with Gasteiger partial charge in [-0.25, -0.2) is 8.78 Å². The van der Waals surface area contributed by atoms with Crippen LogP contribution in [-0.4, -0.2) is 49.0 Å². The lowest BCUT2D eigenvalue weighted by Crippen LogP contribution is -2.35. The lowest BCUT2D eigenvalue weighted by atomic mass is 10.0. The summed E-state index contributed by atoms with van der Waals surface area (Å²) in [7, 11) is 1.69. The lowest BCUT2D eigenvalue weighted by molar-refractivity contribution is -0.140. The molecular formula is C24H20F5N5O2. The SMILES string of the molecule is Cn1cc(-n2cc(-c3ccc(F)c(C(F)(F)F)c3)c3c(=O)n(CC(=O)N4CCC(F)C4)ccc32)cn1. The number of amides is 1. The highest BCUT2D eigenvalue weighted by Gasteiger charge is 2.34. The molecule has 1 aliphatic rings. The molecule has 1 saturated heterocycles. The topological polar surface area (TPSA) is 65.1 Å².